The molecule has 1 spiro atoms. The first kappa shape index (κ1) is 21.9. The molecule has 2 amide bonds. The zero-order valence-corrected chi connectivity index (χ0v) is 19.3. The molecule has 3 aromatic rings. The molecule has 5 rings (SSSR count). The maximum atomic E-state index is 12.9. The van der Waals surface area contributed by atoms with Crippen LogP contribution in [0.15, 0.2) is 66.9 Å². The van der Waals surface area contributed by atoms with Gasteiger partial charge in [0.2, 0.25) is 5.91 Å². The van der Waals surface area contributed by atoms with E-state index in [2.05, 4.69) is 15.2 Å². The number of nitrogens with two attached hydrogens (primary N) is 1. The number of hydrogen-bond acceptors (Lipinski definition) is 5. The molecule has 7 heteroatoms. The Kier molecular flexibility index (Phi) is 5.69. The number of hydrogen-bond donors (Lipinski definition) is 2. The van der Waals surface area contributed by atoms with E-state index in [1.807, 2.05) is 53.4 Å². The van der Waals surface area contributed by atoms with Crippen LogP contribution in [0.5, 0.6) is 0 Å². The third-order valence-electron chi connectivity index (χ3n) is 7.06. The third-order valence-corrected chi connectivity index (χ3v) is 7.06. The van der Waals surface area contributed by atoms with Gasteiger partial charge in [0, 0.05) is 44.7 Å². The molecular formula is C27H29N5O2. The number of nitrogens with one attached hydrogen (secondary N) is 1. The maximum Gasteiger partial charge on any atom is 0.257 e. The largest absolute Gasteiger partial charge is 0.397 e. The second kappa shape index (κ2) is 8.82. The van der Waals surface area contributed by atoms with Crippen LogP contribution in [0, 0.1) is 5.41 Å². The minimum Gasteiger partial charge on any atom is -0.397 e. The minimum atomic E-state index is -0.248. The number of amides is 2. The van der Waals surface area contributed by atoms with Gasteiger partial charge < -0.3 is 20.9 Å². The van der Waals surface area contributed by atoms with Crippen LogP contribution in [0.4, 0.5) is 17.2 Å². The Hall–Kier alpha value is -3.87. The van der Waals surface area contributed by atoms with E-state index in [9.17, 15) is 9.59 Å². The topological polar surface area (TPSA) is 91.6 Å². The fourth-order valence-electron chi connectivity index (χ4n) is 5.04. The third kappa shape index (κ3) is 4.33. The van der Waals surface area contributed by atoms with Gasteiger partial charge in [-0.05, 0) is 48.2 Å². The van der Waals surface area contributed by atoms with Crippen LogP contribution in [0.2, 0.25) is 0 Å². The van der Waals surface area contributed by atoms with Crippen molar-refractivity contribution >= 4 is 29.0 Å². The summed E-state index contributed by atoms with van der Waals surface area (Å²) in [6, 6.07) is 19.3. The van der Waals surface area contributed by atoms with E-state index in [0.717, 1.165) is 56.0 Å². The fraction of sp³-hybridized carbons (Fsp3) is 0.296. The quantitative estimate of drug-likeness (QED) is 0.580. The molecule has 1 aromatic heterocycles. The summed E-state index contributed by atoms with van der Waals surface area (Å²) in [5, 5.41) is 2.93. The Labute approximate surface area is 199 Å². The molecule has 0 saturated carbocycles. The lowest BCUT2D eigenvalue weighted by Crippen LogP contribution is -2.33. The van der Waals surface area contributed by atoms with Crippen LogP contribution in [0.3, 0.4) is 0 Å². The van der Waals surface area contributed by atoms with E-state index in [0.29, 0.717) is 16.9 Å². The van der Waals surface area contributed by atoms with E-state index in [1.165, 1.54) is 0 Å². The van der Waals surface area contributed by atoms with Crippen LogP contribution >= 0.6 is 0 Å². The minimum absolute atomic E-state index is 0.152. The molecule has 0 aliphatic carbocycles. The Balaban J connectivity index is 1.26. The van der Waals surface area contributed by atoms with Gasteiger partial charge in [-0.3, -0.25) is 9.59 Å². The zero-order valence-electron chi connectivity index (χ0n) is 19.3. The smallest absolute Gasteiger partial charge is 0.257 e. The standard InChI is InChI=1S/C27H29N5O2/c1-19(33)31-13-11-27(17-31)12-14-32(18-27)25-10-8-22(16-29-25)26(34)30-24-15-21(7-9-23(24)28)20-5-3-2-4-6-20/h2-10,15-16H,11-14,17-18,28H2,1H3,(H,30,34). The molecule has 1 unspecified atom stereocenters. The lowest BCUT2D eigenvalue weighted by molar-refractivity contribution is -0.128. The molecule has 3 heterocycles. The predicted molar refractivity (Wildman–Crippen MR) is 135 cm³/mol. The van der Waals surface area contributed by atoms with Crippen molar-refractivity contribution in [3.05, 3.63) is 72.4 Å². The van der Waals surface area contributed by atoms with Crippen molar-refractivity contribution in [1.29, 1.82) is 0 Å². The lowest BCUT2D eigenvalue weighted by atomic mass is 9.86. The first-order valence-electron chi connectivity index (χ1n) is 11.7. The molecule has 2 aromatic carbocycles. The summed E-state index contributed by atoms with van der Waals surface area (Å²) in [5.41, 5.74) is 9.89. The number of pyridine rings is 1. The number of likely N-dealkylation sites (tertiary alicyclic amines) is 1. The number of aromatic nitrogens is 1. The van der Waals surface area contributed by atoms with Crippen molar-refractivity contribution in [2.45, 2.75) is 19.8 Å². The maximum absolute atomic E-state index is 12.9. The second-order valence-electron chi connectivity index (χ2n) is 9.39. The monoisotopic (exact) mass is 455 g/mol. The van der Waals surface area contributed by atoms with E-state index in [1.54, 1.807) is 25.3 Å². The fourth-order valence-corrected chi connectivity index (χ4v) is 5.04. The number of benzene rings is 2. The Bertz CT molecular complexity index is 1210. The van der Waals surface area contributed by atoms with Gasteiger partial charge in [-0.15, -0.1) is 0 Å². The number of nitrogen functional groups attached to an aromatic ring is 1. The molecule has 2 aliphatic rings. The Morgan fingerprint density at radius 3 is 2.47 bits per heavy atom. The normalized spacial score (nSPS) is 19.6. The van der Waals surface area contributed by atoms with Crippen LogP contribution < -0.4 is 16.0 Å². The molecule has 2 aliphatic heterocycles. The van der Waals surface area contributed by atoms with Crippen LogP contribution in [-0.2, 0) is 4.79 Å². The number of carbonyl (C=O) groups excluding carboxylic acids is 2. The summed E-state index contributed by atoms with van der Waals surface area (Å²) < 4.78 is 0. The molecule has 7 nitrogen and oxygen atoms in total. The number of nitrogens with zero attached hydrogens (tertiary/aromatic N) is 3. The van der Waals surface area contributed by atoms with Crippen molar-refractivity contribution in [2.24, 2.45) is 5.41 Å². The molecule has 1 atom stereocenters. The van der Waals surface area contributed by atoms with Gasteiger partial charge in [0.05, 0.1) is 16.9 Å². The van der Waals surface area contributed by atoms with Crippen LogP contribution in [-0.4, -0.2) is 47.9 Å². The Morgan fingerprint density at radius 1 is 0.971 bits per heavy atom. The van der Waals surface area contributed by atoms with Gasteiger partial charge in [0.25, 0.3) is 5.91 Å². The van der Waals surface area contributed by atoms with E-state index >= 15 is 0 Å². The molecule has 2 fully saturated rings. The zero-order chi connectivity index (χ0) is 23.7. The van der Waals surface area contributed by atoms with E-state index < -0.39 is 0 Å². The summed E-state index contributed by atoms with van der Waals surface area (Å²) in [6.07, 6.45) is 3.70. The summed E-state index contributed by atoms with van der Waals surface area (Å²) in [4.78, 5) is 33.4. The van der Waals surface area contributed by atoms with Gasteiger partial charge >= 0.3 is 0 Å². The molecule has 3 N–H and O–H groups in total. The average molecular weight is 456 g/mol. The Morgan fingerprint density at radius 2 is 1.76 bits per heavy atom. The van der Waals surface area contributed by atoms with E-state index in [4.69, 9.17) is 5.73 Å². The summed E-state index contributed by atoms with van der Waals surface area (Å²) >= 11 is 0. The molecule has 34 heavy (non-hydrogen) atoms. The summed E-state index contributed by atoms with van der Waals surface area (Å²) in [5.74, 6) is 0.765. The van der Waals surface area contributed by atoms with Gasteiger partial charge in [-0.25, -0.2) is 4.98 Å². The van der Waals surface area contributed by atoms with Gasteiger partial charge in [0.1, 0.15) is 5.82 Å². The van der Waals surface area contributed by atoms with Crippen molar-refractivity contribution in [2.75, 3.05) is 42.1 Å². The van der Waals surface area contributed by atoms with Gasteiger partial charge in [-0.2, -0.15) is 0 Å². The first-order valence-corrected chi connectivity index (χ1v) is 11.7. The number of carbonyl (C=O) groups is 2. The van der Waals surface area contributed by atoms with Crippen LogP contribution in [0.25, 0.3) is 11.1 Å². The average Bonchev–Trinajstić information content (AvgIpc) is 3.48. The van der Waals surface area contributed by atoms with Crippen molar-refractivity contribution in [3.8, 4) is 11.1 Å². The summed E-state index contributed by atoms with van der Waals surface area (Å²) in [6.45, 7) is 5.10. The van der Waals surface area contributed by atoms with Crippen LogP contribution in [0.1, 0.15) is 30.1 Å². The first-order chi connectivity index (χ1) is 16.4. The molecule has 0 bridgehead atoms. The highest BCUT2D eigenvalue weighted by Crippen LogP contribution is 2.40. The lowest BCUT2D eigenvalue weighted by Gasteiger charge is -2.24. The molecule has 0 radical (unpaired) electrons. The van der Waals surface area contributed by atoms with Crippen molar-refractivity contribution in [3.63, 3.8) is 0 Å². The molecular weight excluding hydrogens is 426 g/mol. The van der Waals surface area contributed by atoms with Crippen molar-refractivity contribution in [1.82, 2.24) is 9.88 Å². The molecule has 174 valence electrons. The van der Waals surface area contributed by atoms with Crippen molar-refractivity contribution < 1.29 is 9.59 Å². The summed E-state index contributed by atoms with van der Waals surface area (Å²) in [7, 11) is 0. The second-order valence-corrected chi connectivity index (χ2v) is 9.39. The highest BCUT2D eigenvalue weighted by Gasteiger charge is 2.44. The number of rotatable bonds is 4. The highest BCUT2D eigenvalue weighted by atomic mass is 16.2. The van der Waals surface area contributed by atoms with Gasteiger partial charge in [0.15, 0.2) is 0 Å². The number of anilines is 3. The van der Waals surface area contributed by atoms with Gasteiger partial charge in [-0.1, -0.05) is 36.4 Å². The molecule has 2 saturated heterocycles. The highest BCUT2D eigenvalue weighted by molar-refractivity contribution is 6.06. The predicted octanol–water partition coefficient (Wildman–Crippen LogP) is 4.03. The SMILES string of the molecule is CC(=O)N1CCC2(CCN(c3ccc(C(=O)Nc4cc(-c5ccccc5)ccc4N)cn3)C2)C1. The van der Waals surface area contributed by atoms with E-state index in [-0.39, 0.29) is 17.2 Å².